The molecular formula is C10H15F2N3O. The van der Waals surface area contributed by atoms with Gasteiger partial charge < -0.3 is 15.8 Å². The lowest BCUT2D eigenvalue weighted by atomic mass is 10.3. The van der Waals surface area contributed by atoms with Crippen LogP contribution < -0.4 is 15.8 Å². The molecule has 0 aromatic carbocycles. The summed E-state index contributed by atoms with van der Waals surface area (Å²) in [5, 5.41) is 3.07. The minimum absolute atomic E-state index is 0.0879. The average molecular weight is 231 g/mol. The molecule has 1 rings (SSSR count). The Morgan fingerprint density at radius 1 is 1.50 bits per heavy atom. The number of nitrogens with two attached hydrogens (primary N) is 1. The maximum Gasteiger partial charge on any atom is 0.396 e. The molecular weight excluding hydrogens is 216 g/mol. The van der Waals surface area contributed by atoms with Crippen molar-refractivity contribution in [3.8, 4) is 5.88 Å². The maximum absolute atomic E-state index is 12.5. The summed E-state index contributed by atoms with van der Waals surface area (Å²) in [7, 11) is 0. The number of pyridine rings is 1. The first-order valence-electron chi connectivity index (χ1n) is 4.94. The molecule has 0 aliphatic rings. The molecule has 0 aliphatic carbocycles. The Morgan fingerprint density at radius 2 is 2.25 bits per heavy atom. The number of nitrogens with zero attached hydrogens (tertiary/aromatic N) is 1. The second kappa shape index (κ2) is 5.72. The van der Waals surface area contributed by atoms with Crippen molar-refractivity contribution in [3.63, 3.8) is 0 Å². The number of ether oxygens (including phenoxy) is 1. The van der Waals surface area contributed by atoms with Gasteiger partial charge >= 0.3 is 6.11 Å². The van der Waals surface area contributed by atoms with Crippen LogP contribution in [-0.2, 0) is 6.54 Å². The highest BCUT2D eigenvalue weighted by Crippen LogP contribution is 2.18. The lowest BCUT2D eigenvalue weighted by molar-refractivity contribution is -0.161. The van der Waals surface area contributed by atoms with E-state index in [4.69, 9.17) is 5.73 Å². The molecule has 6 heteroatoms. The van der Waals surface area contributed by atoms with Crippen LogP contribution in [0.25, 0.3) is 0 Å². The van der Waals surface area contributed by atoms with Gasteiger partial charge in [-0.2, -0.15) is 8.78 Å². The molecule has 90 valence electrons. The fraction of sp³-hybridized carbons (Fsp3) is 0.500. The fourth-order valence-electron chi connectivity index (χ4n) is 1.09. The van der Waals surface area contributed by atoms with E-state index in [0.717, 1.165) is 5.56 Å². The van der Waals surface area contributed by atoms with Crippen molar-refractivity contribution in [3.05, 3.63) is 23.9 Å². The Hall–Kier alpha value is -1.27. The standard InChI is InChI=1S/C10H15F2N3O/c1-10(11,12)16-9-3-2-8(7-15-9)6-14-5-4-13/h2-3,7,14H,4-6,13H2,1H3. The van der Waals surface area contributed by atoms with Gasteiger partial charge in [-0.15, -0.1) is 0 Å². The number of nitrogens with one attached hydrogen (secondary N) is 1. The van der Waals surface area contributed by atoms with Crippen LogP contribution in [0.5, 0.6) is 5.88 Å². The molecule has 0 saturated heterocycles. The van der Waals surface area contributed by atoms with E-state index in [1.807, 2.05) is 0 Å². The minimum atomic E-state index is -3.20. The Labute approximate surface area is 92.8 Å². The molecule has 4 nitrogen and oxygen atoms in total. The molecule has 3 N–H and O–H groups in total. The van der Waals surface area contributed by atoms with Gasteiger partial charge in [-0.25, -0.2) is 4.98 Å². The lowest BCUT2D eigenvalue weighted by Crippen LogP contribution is -2.22. The van der Waals surface area contributed by atoms with Gasteiger partial charge in [-0.3, -0.25) is 0 Å². The molecule has 0 amide bonds. The van der Waals surface area contributed by atoms with Crippen LogP contribution in [0.1, 0.15) is 12.5 Å². The Bertz CT molecular complexity index is 311. The lowest BCUT2D eigenvalue weighted by Gasteiger charge is -2.12. The Balaban J connectivity index is 2.48. The van der Waals surface area contributed by atoms with Crippen LogP contribution in [-0.4, -0.2) is 24.2 Å². The molecule has 0 saturated carbocycles. The highest BCUT2D eigenvalue weighted by atomic mass is 19.3. The maximum atomic E-state index is 12.5. The van der Waals surface area contributed by atoms with Crippen LogP contribution in [0.2, 0.25) is 0 Å². The van der Waals surface area contributed by atoms with Gasteiger partial charge in [-0.05, 0) is 5.56 Å². The van der Waals surface area contributed by atoms with Gasteiger partial charge in [0.15, 0.2) is 0 Å². The summed E-state index contributed by atoms with van der Waals surface area (Å²) in [5.41, 5.74) is 6.19. The van der Waals surface area contributed by atoms with Crippen molar-refractivity contribution in [2.45, 2.75) is 19.6 Å². The molecule has 1 heterocycles. The highest BCUT2D eigenvalue weighted by Gasteiger charge is 2.23. The molecule has 0 atom stereocenters. The summed E-state index contributed by atoms with van der Waals surface area (Å²) in [6, 6.07) is 3.09. The predicted molar refractivity (Wildman–Crippen MR) is 56.2 cm³/mol. The molecule has 16 heavy (non-hydrogen) atoms. The van der Waals surface area contributed by atoms with Gasteiger partial charge in [0.1, 0.15) is 0 Å². The largest absolute Gasteiger partial charge is 0.415 e. The molecule has 1 aromatic rings. The number of hydrogen-bond donors (Lipinski definition) is 2. The minimum Gasteiger partial charge on any atom is -0.415 e. The van der Waals surface area contributed by atoms with Gasteiger partial charge in [0, 0.05) is 38.8 Å². The molecule has 0 unspecified atom stereocenters. The topological polar surface area (TPSA) is 60.2 Å². The third-order valence-corrected chi connectivity index (χ3v) is 1.73. The van der Waals surface area contributed by atoms with E-state index in [0.29, 0.717) is 26.6 Å². The zero-order chi connectivity index (χ0) is 12.0. The highest BCUT2D eigenvalue weighted by molar-refractivity contribution is 5.17. The van der Waals surface area contributed by atoms with Crippen molar-refractivity contribution < 1.29 is 13.5 Å². The van der Waals surface area contributed by atoms with Crippen molar-refractivity contribution in [2.75, 3.05) is 13.1 Å². The molecule has 0 aliphatic heterocycles. The summed E-state index contributed by atoms with van der Waals surface area (Å²) >= 11 is 0. The molecule has 0 spiro atoms. The number of alkyl halides is 2. The van der Waals surface area contributed by atoms with Gasteiger partial charge in [0.25, 0.3) is 0 Å². The predicted octanol–water partition coefficient (Wildman–Crippen LogP) is 1.12. The Kier molecular flexibility index (Phi) is 4.57. The second-order valence-corrected chi connectivity index (χ2v) is 3.38. The first-order chi connectivity index (χ1) is 7.51. The summed E-state index contributed by atoms with van der Waals surface area (Å²) in [4.78, 5) is 3.77. The van der Waals surface area contributed by atoms with Crippen molar-refractivity contribution in [2.24, 2.45) is 5.73 Å². The second-order valence-electron chi connectivity index (χ2n) is 3.38. The van der Waals surface area contributed by atoms with Crippen LogP contribution in [0, 0.1) is 0 Å². The van der Waals surface area contributed by atoms with E-state index in [9.17, 15) is 8.78 Å². The number of hydrogen-bond acceptors (Lipinski definition) is 4. The van der Waals surface area contributed by atoms with E-state index >= 15 is 0 Å². The fourth-order valence-corrected chi connectivity index (χ4v) is 1.09. The normalized spacial score (nSPS) is 11.5. The molecule has 0 radical (unpaired) electrons. The summed E-state index contributed by atoms with van der Waals surface area (Å²) in [6.07, 6.45) is -1.71. The van der Waals surface area contributed by atoms with Gasteiger partial charge in [0.2, 0.25) is 5.88 Å². The van der Waals surface area contributed by atoms with Crippen LogP contribution in [0.4, 0.5) is 8.78 Å². The summed E-state index contributed by atoms with van der Waals surface area (Å²) in [6.45, 7) is 2.53. The molecule has 1 aromatic heterocycles. The Morgan fingerprint density at radius 3 is 2.75 bits per heavy atom. The molecule has 0 bridgehead atoms. The number of aromatic nitrogens is 1. The first kappa shape index (κ1) is 12.8. The van der Waals surface area contributed by atoms with Crippen molar-refractivity contribution in [1.82, 2.24) is 10.3 Å². The van der Waals surface area contributed by atoms with E-state index in [2.05, 4.69) is 15.0 Å². The smallest absolute Gasteiger partial charge is 0.396 e. The monoisotopic (exact) mass is 231 g/mol. The number of rotatable bonds is 6. The van der Waals surface area contributed by atoms with Crippen LogP contribution in [0.3, 0.4) is 0 Å². The average Bonchev–Trinajstić information content (AvgIpc) is 2.19. The quantitative estimate of drug-likeness (QED) is 0.720. The van der Waals surface area contributed by atoms with E-state index in [1.54, 1.807) is 6.07 Å². The van der Waals surface area contributed by atoms with Gasteiger partial charge in [-0.1, -0.05) is 6.07 Å². The summed E-state index contributed by atoms with van der Waals surface area (Å²) < 4.78 is 29.2. The first-order valence-corrected chi connectivity index (χ1v) is 4.94. The molecule has 0 fully saturated rings. The zero-order valence-corrected chi connectivity index (χ0v) is 9.04. The van der Waals surface area contributed by atoms with Crippen LogP contribution in [0.15, 0.2) is 18.3 Å². The van der Waals surface area contributed by atoms with E-state index in [1.165, 1.54) is 12.3 Å². The zero-order valence-electron chi connectivity index (χ0n) is 9.04. The summed E-state index contributed by atoms with van der Waals surface area (Å²) in [5.74, 6) is -0.0879. The third-order valence-electron chi connectivity index (χ3n) is 1.73. The number of halogens is 2. The third kappa shape index (κ3) is 4.99. The van der Waals surface area contributed by atoms with Crippen molar-refractivity contribution in [1.29, 1.82) is 0 Å². The van der Waals surface area contributed by atoms with Crippen LogP contribution >= 0.6 is 0 Å². The SMILES string of the molecule is CC(F)(F)Oc1ccc(CNCCN)cn1. The van der Waals surface area contributed by atoms with Crippen molar-refractivity contribution >= 4 is 0 Å². The van der Waals surface area contributed by atoms with E-state index in [-0.39, 0.29) is 5.88 Å². The van der Waals surface area contributed by atoms with E-state index < -0.39 is 6.11 Å². The van der Waals surface area contributed by atoms with Gasteiger partial charge in [0.05, 0.1) is 0 Å².